The zero-order valence-corrected chi connectivity index (χ0v) is 9.51. The zero-order chi connectivity index (χ0) is 13.0. The van der Waals surface area contributed by atoms with Gasteiger partial charge in [-0.15, -0.1) is 0 Å². The lowest BCUT2D eigenvalue weighted by Gasteiger charge is -2.10. The smallest absolute Gasteiger partial charge is 0.340 e. The molecule has 6 heteroatoms. The minimum atomic E-state index is -1.28. The third kappa shape index (κ3) is 2.65. The maximum Gasteiger partial charge on any atom is 0.340 e. The van der Waals surface area contributed by atoms with Gasteiger partial charge in [0.05, 0.1) is 12.2 Å². The van der Waals surface area contributed by atoms with Crippen molar-refractivity contribution in [1.29, 1.82) is 0 Å². The molecule has 0 aliphatic rings. The maximum atomic E-state index is 13.4. The normalized spacial score (nSPS) is 10.3. The van der Waals surface area contributed by atoms with Crippen LogP contribution in [0.25, 0.3) is 0 Å². The molecule has 2 aromatic rings. The number of anilines is 1. The predicted molar refractivity (Wildman–Crippen MR) is 64.1 cm³/mol. The number of carboxylic acids is 1. The second-order valence-corrected chi connectivity index (χ2v) is 3.66. The van der Waals surface area contributed by atoms with Gasteiger partial charge in [-0.25, -0.2) is 9.18 Å². The van der Waals surface area contributed by atoms with E-state index in [-0.39, 0.29) is 11.3 Å². The predicted octanol–water partition coefficient (Wildman–Crippen LogP) is 1.83. The summed E-state index contributed by atoms with van der Waals surface area (Å²) in [5, 5.41) is 15.8. The van der Waals surface area contributed by atoms with Crippen molar-refractivity contribution in [3.8, 4) is 0 Å². The van der Waals surface area contributed by atoms with E-state index < -0.39 is 11.8 Å². The molecule has 1 aromatic carbocycles. The SMILES string of the molecule is O=C(O)c1c(F)cccc1NCCn1cccn1. The fourth-order valence-corrected chi connectivity index (χ4v) is 1.63. The van der Waals surface area contributed by atoms with Crippen LogP contribution in [0, 0.1) is 5.82 Å². The highest BCUT2D eigenvalue weighted by atomic mass is 19.1. The van der Waals surface area contributed by atoms with E-state index in [1.54, 1.807) is 23.1 Å². The van der Waals surface area contributed by atoms with Crippen LogP contribution in [-0.2, 0) is 6.54 Å². The number of halogens is 1. The Morgan fingerprint density at radius 3 is 2.94 bits per heavy atom. The van der Waals surface area contributed by atoms with E-state index >= 15 is 0 Å². The quantitative estimate of drug-likeness (QED) is 0.848. The number of hydrogen-bond acceptors (Lipinski definition) is 3. The zero-order valence-electron chi connectivity index (χ0n) is 9.51. The van der Waals surface area contributed by atoms with Crippen molar-refractivity contribution in [2.45, 2.75) is 6.54 Å². The molecule has 1 aromatic heterocycles. The summed E-state index contributed by atoms with van der Waals surface area (Å²) in [6.07, 6.45) is 3.45. The van der Waals surface area contributed by atoms with Gasteiger partial charge in [-0.05, 0) is 18.2 Å². The summed E-state index contributed by atoms with van der Waals surface area (Å²) in [5.41, 5.74) is -0.0624. The molecular formula is C12H12FN3O2. The fourth-order valence-electron chi connectivity index (χ4n) is 1.63. The van der Waals surface area contributed by atoms with Gasteiger partial charge in [0, 0.05) is 18.9 Å². The first kappa shape index (κ1) is 12.1. The van der Waals surface area contributed by atoms with Gasteiger partial charge in [-0.2, -0.15) is 5.10 Å². The second kappa shape index (κ2) is 5.31. The lowest BCUT2D eigenvalue weighted by molar-refractivity contribution is 0.0693. The standard InChI is InChI=1S/C12H12FN3O2/c13-9-3-1-4-10(11(9)12(17)18)14-6-8-16-7-2-5-15-16/h1-5,7,14H,6,8H2,(H,17,18). The molecule has 94 valence electrons. The average molecular weight is 249 g/mol. The Morgan fingerprint density at radius 1 is 1.44 bits per heavy atom. The van der Waals surface area contributed by atoms with Crippen molar-refractivity contribution in [3.63, 3.8) is 0 Å². The van der Waals surface area contributed by atoms with Crippen LogP contribution < -0.4 is 5.32 Å². The van der Waals surface area contributed by atoms with Crippen molar-refractivity contribution in [2.24, 2.45) is 0 Å². The second-order valence-electron chi connectivity index (χ2n) is 3.66. The Balaban J connectivity index is 2.05. The molecule has 18 heavy (non-hydrogen) atoms. The van der Waals surface area contributed by atoms with E-state index in [1.807, 2.05) is 0 Å². The summed E-state index contributed by atoms with van der Waals surface area (Å²) in [6, 6.07) is 5.93. The first-order valence-corrected chi connectivity index (χ1v) is 5.41. The molecule has 5 nitrogen and oxygen atoms in total. The van der Waals surface area contributed by atoms with E-state index in [0.717, 1.165) is 6.07 Å². The van der Waals surface area contributed by atoms with Gasteiger partial charge in [0.1, 0.15) is 11.4 Å². The van der Waals surface area contributed by atoms with Gasteiger partial charge in [0.2, 0.25) is 0 Å². The van der Waals surface area contributed by atoms with Crippen LogP contribution in [0.1, 0.15) is 10.4 Å². The van der Waals surface area contributed by atoms with Crippen LogP contribution in [0.3, 0.4) is 0 Å². The van der Waals surface area contributed by atoms with E-state index in [2.05, 4.69) is 10.4 Å². The van der Waals surface area contributed by atoms with Gasteiger partial charge in [-0.1, -0.05) is 6.07 Å². The Hall–Kier alpha value is -2.37. The number of nitrogens with one attached hydrogen (secondary N) is 1. The van der Waals surface area contributed by atoms with Crippen molar-refractivity contribution in [1.82, 2.24) is 9.78 Å². The van der Waals surface area contributed by atoms with Gasteiger partial charge >= 0.3 is 5.97 Å². The molecule has 1 heterocycles. The first-order chi connectivity index (χ1) is 8.68. The van der Waals surface area contributed by atoms with Crippen molar-refractivity contribution < 1.29 is 14.3 Å². The molecule has 0 unspecified atom stereocenters. The van der Waals surface area contributed by atoms with Gasteiger partial charge in [0.25, 0.3) is 0 Å². The summed E-state index contributed by atoms with van der Waals surface area (Å²) in [4.78, 5) is 10.9. The Kier molecular flexibility index (Phi) is 3.57. The highest BCUT2D eigenvalue weighted by molar-refractivity contribution is 5.94. The Labute approximate surface area is 103 Å². The maximum absolute atomic E-state index is 13.4. The number of rotatable bonds is 5. The number of carbonyl (C=O) groups is 1. The molecule has 0 radical (unpaired) electrons. The summed E-state index contributed by atoms with van der Waals surface area (Å²) < 4.78 is 15.1. The fraction of sp³-hybridized carbons (Fsp3) is 0.167. The minimum Gasteiger partial charge on any atom is -0.478 e. The summed E-state index contributed by atoms with van der Waals surface area (Å²) in [6.45, 7) is 1.04. The molecule has 0 aliphatic carbocycles. The van der Waals surface area contributed by atoms with E-state index in [0.29, 0.717) is 13.1 Å². The van der Waals surface area contributed by atoms with E-state index in [1.165, 1.54) is 12.1 Å². The molecule has 0 spiro atoms. The number of aromatic nitrogens is 2. The number of carboxylic acid groups (broad SMARTS) is 1. The van der Waals surface area contributed by atoms with Crippen LogP contribution >= 0.6 is 0 Å². The molecule has 0 amide bonds. The monoisotopic (exact) mass is 249 g/mol. The van der Waals surface area contributed by atoms with Crippen LogP contribution in [0.5, 0.6) is 0 Å². The van der Waals surface area contributed by atoms with E-state index in [4.69, 9.17) is 5.11 Å². The number of aromatic carboxylic acids is 1. The summed E-state index contributed by atoms with van der Waals surface area (Å²) >= 11 is 0. The van der Waals surface area contributed by atoms with Crippen molar-refractivity contribution in [2.75, 3.05) is 11.9 Å². The highest BCUT2D eigenvalue weighted by Gasteiger charge is 2.14. The molecule has 0 bridgehead atoms. The summed E-state index contributed by atoms with van der Waals surface area (Å²) in [7, 11) is 0. The van der Waals surface area contributed by atoms with Crippen LogP contribution in [-0.4, -0.2) is 27.4 Å². The molecule has 2 rings (SSSR count). The topological polar surface area (TPSA) is 67.2 Å². The van der Waals surface area contributed by atoms with Crippen molar-refractivity contribution >= 4 is 11.7 Å². The lowest BCUT2D eigenvalue weighted by atomic mass is 10.1. The molecule has 0 atom stereocenters. The molecule has 0 saturated heterocycles. The first-order valence-electron chi connectivity index (χ1n) is 5.41. The largest absolute Gasteiger partial charge is 0.478 e. The molecule has 0 aliphatic heterocycles. The number of hydrogen-bond donors (Lipinski definition) is 2. The molecule has 0 fully saturated rings. The Bertz CT molecular complexity index is 540. The average Bonchev–Trinajstić information content (AvgIpc) is 2.81. The number of benzene rings is 1. The molecule has 0 saturated carbocycles. The Morgan fingerprint density at radius 2 is 2.28 bits per heavy atom. The number of nitrogens with zero attached hydrogens (tertiary/aromatic N) is 2. The van der Waals surface area contributed by atoms with Crippen LogP contribution in [0.15, 0.2) is 36.7 Å². The lowest BCUT2D eigenvalue weighted by Crippen LogP contribution is -2.14. The third-order valence-electron chi connectivity index (χ3n) is 2.44. The third-order valence-corrected chi connectivity index (χ3v) is 2.44. The minimum absolute atomic E-state index is 0.273. The van der Waals surface area contributed by atoms with Crippen LogP contribution in [0.4, 0.5) is 10.1 Å². The van der Waals surface area contributed by atoms with Crippen molar-refractivity contribution in [3.05, 3.63) is 48.0 Å². The van der Waals surface area contributed by atoms with Crippen LogP contribution in [0.2, 0.25) is 0 Å². The summed E-state index contributed by atoms with van der Waals surface area (Å²) in [5.74, 6) is -2.03. The van der Waals surface area contributed by atoms with Gasteiger partial charge < -0.3 is 10.4 Å². The van der Waals surface area contributed by atoms with E-state index in [9.17, 15) is 9.18 Å². The highest BCUT2D eigenvalue weighted by Crippen LogP contribution is 2.18. The van der Waals surface area contributed by atoms with Gasteiger partial charge in [0.15, 0.2) is 0 Å². The molecular weight excluding hydrogens is 237 g/mol. The van der Waals surface area contributed by atoms with Gasteiger partial charge in [-0.3, -0.25) is 4.68 Å². The molecule has 2 N–H and O–H groups in total.